The zero-order valence-corrected chi connectivity index (χ0v) is 11.2. The second kappa shape index (κ2) is 4.11. The summed E-state index contributed by atoms with van der Waals surface area (Å²) in [5.74, 6) is -0.0491. The van der Waals surface area contributed by atoms with Crippen molar-refractivity contribution in [3.63, 3.8) is 0 Å². The first kappa shape index (κ1) is 11.5. The summed E-state index contributed by atoms with van der Waals surface area (Å²) in [4.78, 5) is 1.17. The summed E-state index contributed by atoms with van der Waals surface area (Å²) >= 11 is 4.30. The fraction of sp³-hybridized carbons (Fsp3) is 0.167. The van der Waals surface area contributed by atoms with Gasteiger partial charge in [0.15, 0.2) is 0 Å². The molecule has 86 valence electrons. The van der Waals surface area contributed by atoms with Crippen LogP contribution in [0.5, 0.6) is 0 Å². The highest BCUT2D eigenvalue weighted by Gasteiger charge is 2.18. The third kappa shape index (κ3) is 2.39. The van der Waals surface area contributed by atoms with Crippen LogP contribution in [0.15, 0.2) is 20.1 Å². The van der Waals surface area contributed by atoms with Crippen molar-refractivity contribution in [3.8, 4) is 0 Å². The number of aryl methyl sites for hydroxylation is 1. The van der Waals surface area contributed by atoms with E-state index in [1.807, 2.05) is 0 Å². The van der Waals surface area contributed by atoms with Gasteiger partial charge in [0.1, 0.15) is 4.21 Å². The molecule has 0 bridgehead atoms. The highest BCUT2D eigenvalue weighted by molar-refractivity contribution is 9.11. The molecular weight excluding hydrogens is 318 g/mol. The number of rotatable bonds is 3. The Labute approximate surface area is 104 Å². The van der Waals surface area contributed by atoms with E-state index in [1.165, 1.54) is 10.9 Å². The van der Waals surface area contributed by atoms with Crippen LogP contribution in [0.1, 0.15) is 0 Å². The number of halogens is 1. The molecule has 2 heterocycles. The molecule has 0 radical (unpaired) electrons. The average Bonchev–Trinajstić information content (AvgIpc) is 2.75. The quantitative estimate of drug-likeness (QED) is 0.903. The van der Waals surface area contributed by atoms with Gasteiger partial charge in [0.05, 0.1) is 10.8 Å². The van der Waals surface area contributed by atoms with Crippen molar-refractivity contribution < 1.29 is 8.42 Å². The Hall–Kier alpha value is -1.00. The highest BCUT2D eigenvalue weighted by Crippen LogP contribution is 2.26. The maximum absolute atomic E-state index is 11.8. The Morgan fingerprint density at radius 2 is 2.25 bits per heavy atom. The highest BCUT2D eigenvalue weighted by atomic mass is 79.9. The van der Waals surface area contributed by atoms with Crippen LogP contribution in [0.4, 0.5) is 5.95 Å². The largest absolute Gasteiger partial charge is 0.277 e. The molecule has 0 aromatic carbocycles. The Bertz CT molecular complexity index is 604. The van der Waals surface area contributed by atoms with Crippen LogP contribution in [0.3, 0.4) is 0 Å². The lowest BCUT2D eigenvalue weighted by Crippen LogP contribution is -2.12. The Kier molecular flexibility index (Phi) is 2.95. The number of nitrogens with zero attached hydrogens (tertiary/aromatic N) is 4. The van der Waals surface area contributed by atoms with E-state index in [4.69, 9.17) is 0 Å². The average molecular weight is 324 g/mol. The topological polar surface area (TPSA) is 89.8 Å². The molecule has 10 heteroatoms. The molecule has 7 nitrogen and oxygen atoms in total. The van der Waals surface area contributed by atoms with E-state index in [9.17, 15) is 8.42 Å². The molecule has 16 heavy (non-hydrogen) atoms. The standard InChI is InChI=1S/C6H6BrN5O2S2/c1-12-9-6(8-11-12)10-16(13,14)5-3-2-4(7)15-5/h2-3H,1H3,(H,9,10). The fourth-order valence-corrected chi connectivity index (χ4v) is 3.88. The van der Waals surface area contributed by atoms with Crippen molar-refractivity contribution in [2.75, 3.05) is 4.72 Å². The molecule has 0 aliphatic rings. The number of thiophene rings is 1. The van der Waals surface area contributed by atoms with Gasteiger partial charge in [-0.05, 0) is 33.3 Å². The lowest BCUT2D eigenvalue weighted by Gasteiger charge is -1.99. The van der Waals surface area contributed by atoms with Gasteiger partial charge in [-0.1, -0.05) is 5.10 Å². The van der Waals surface area contributed by atoms with Gasteiger partial charge >= 0.3 is 0 Å². The van der Waals surface area contributed by atoms with Crippen LogP contribution in [0.25, 0.3) is 0 Å². The first-order valence-electron chi connectivity index (χ1n) is 3.99. The number of hydrogen-bond acceptors (Lipinski definition) is 6. The monoisotopic (exact) mass is 323 g/mol. The number of nitrogens with one attached hydrogen (secondary N) is 1. The molecular formula is C6H6BrN5O2S2. The normalized spacial score (nSPS) is 11.6. The number of hydrogen-bond donors (Lipinski definition) is 1. The summed E-state index contributed by atoms with van der Waals surface area (Å²) in [6.45, 7) is 0. The maximum Gasteiger partial charge on any atom is 0.277 e. The third-order valence-electron chi connectivity index (χ3n) is 1.55. The summed E-state index contributed by atoms with van der Waals surface area (Å²) in [5.41, 5.74) is 0. The van der Waals surface area contributed by atoms with Crippen LogP contribution >= 0.6 is 27.3 Å². The smallest absolute Gasteiger partial charge is 0.244 e. The fourth-order valence-electron chi connectivity index (χ4n) is 0.938. The minimum Gasteiger partial charge on any atom is -0.244 e. The molecule has 1 N–H and O–H groups in total. The summed E-state index contributed by atoms with van der Waals surface area (Å²) in [7, 11) is -2.07. The maximum atomic E-state index is 11.8. The van der Waals surface area contributed by atoms with E-state index < -0.39 is 10.0 Å². The van der Waals surface area contributed by atoms with Gasteiger partial charge in [-0.25, -0.2) is 13.1 Å². The van der Waals surface area contributed by atoms with Gasteiger partial charge in [0.2, 0.25) is 0 Å². The molecule has 0 unspecified atom stereocenters. The van der Waals surface area contributed by atoms with Gasteiger partial charge in [0.25, 0.3) is 16.0 Å². The van der Waals surface area contributed by atoms with E-state index in [0.29, 0.717) is 0 Å². The molecule has 0 saturated heterocycles. The molecule has 0 spiro atoms. The van der Waals surface area contributed by atoms with Gasteiger partial charge in [0, 0.05) is 0 Å². The molecule has 2 aromatic heterocycles. The van der Waals surface area contributed by atoms with E-state index in [2.05, 4.69) is 36.1 Å². The van der Waals surface area contributed by atoms with E-state index >= 15 is 0 Å². The first-order chi connectivity index (χ1) is 7.47. The van der Waals surface area contributed by atoms with Gasteiger partial charge in [-0.15, -0.1) is 16.4 Å². The zero-order chi connectivity index (χ0) is 11.8. The predicted molar refractivity (Wildman–Crippen MR) is 61.6 cm³/mol. The summed E-state index contributed by atoms with van der Waals surface area (Å²) < 4.78 is 26.7. The zero-order valence-electron chi connectivity index (χ0n) is 7.95. The molecule has 0 saturated carbocycles. The molecule has 0 amide bonds. The Morgan fingerprint density at radius 1 is 1.50 bits per heavy atom. The summed E-state index contributed by atoms with van der Waals surface area (Å²) in [6.07, 6.45) is 0. The van der Waals surface area contributed by atoms with Crippen LogP contribution in [0, 0.1) is 0 Å². The number of tetrazole rings is 1. The van der Waals surface area contributed by atoms with Crippen LogP contribution in [-0.4, -0.2) is 28.6 Å². The van der Waals surface area contributed by atoms with Crippen molar-refractivity contribution in [1.29, 1.82) is 0 Å². The van der Waals surface area contributed by atoms with Crippen LogP contribution < -0.4 is 4.72 Å². The van der Waals surface area contributed by atoms with Gasteiger partial charge < -0.3 is 0 Å². The van der Waals surface area contributed by atoms with Crippen LogP contribution in [0.2, 0.25) is 0 Å². The van der Waals surface area contributed by atoms with Crippen molar-refractivity contribution in [3.05, 3.63) is 15.9 Å². The molecule has 0 aliphatic heterocycles. The number of aromatic nitrogens is 4. The summed E-state index contributed by atoms with van der Waals surface area (Å²) in [6, 6.07) is 3.15. The third-order valence-corrected chi connectivity index (χ3v) is 4.99. The van der Waals surface area contributed by atoms with Crippen molar-refractivity contribution in [2.24, 2.45) is 7.05 Å². The first-order valence-corrected chi connectivity index (χ1v) is 7.09. The molecule has 2 aromatic rings. The lowest BCUT2D eigenvalue weighted by molar-refractivity contribution is 0.602. The molecule has 0 fully saturated rings. The van der Waals surface area contributed by atoms with Crippen molar-refractivity contribution in [1.82, 2.24) is 20.2 Å². The van der Waals surface area contributed by atoms with E-state index in [-0.39, 0.29) is 10.2 Å². The minimum absolute atomic E-state index is 0.0491. The molecule has 0 atom stereocenters. The van der Waals surface area contributed by atoms with Gasteiger partial charge in [-0.3, -0.25) is 0 Å². The second-order valence-corrected chi connectivity index (χ2v) is 7.14. The van der Waals surface area contributed by atoms with Gasteiger partial charge in [-0.2, -0.15) is 4.80 Å². The SMILES string of the molecule is Cn1nnc(NS(=O)(=O)c2ccc(Br)s2)n1. The van der Waals surface area contributed by atoms with Crippen LogP contribution in [-0.2, 0) is 17.1 Å². The van der Waals surface area contributed by atoms with Crippen molar-refractivity contribution >= 4 is 43.2 Å². The van der Waals surface area contributed by atoms with Crippen molar-refractivity contribution in [2.45, 2.75) is 4.21 Å². The lowest BCUT2D eigenvalue weighted by atomic mass is 10.7. The number of anilines is 1. The second-order valence-electron chi connectivity index (χ2n) is 2.77. The Morgan fingerprint density at radius 3 is 2.75 bits per heavy atom. The van der Waals surface area contributed by atoms with E-state index in [1.54, 1.807) is 13.1 Å². The summed E-state index contributed by atoms with van der Waals surface area (Å²) in [5, 5.41) is 10.8. The molecule has 0 aliphatic carbocycles. The minimum atomic E-state index is -3.62. The van der Waals surface area contributed by atoms with E-state index in [0.717, 1.165) is 15.1 Å². The number of sulfonamides is 1. The predicted octanol–water partition coefficient (Wildman–Crippen LogP) is 0.835. The molecule has 2 rings (SSSR count). The Balaban J connectivity index is 2.27.